The van der Waals surface area contributed by atoms with Gasteiger partial charge in [-0.05, 0) is 50.6 Å². The number of aryl methyl sites for hydroxylation is 1. The predicted molar refractivity (Wildman–Crippen MR) is 137 cm³/mol. The number of hydrogen-bond acceptors (Lipinski definition) is 7. The minimum Gasteiger partial charge on any atom is -0.493 e. The van der Waals surface area contributed by atoms with Gasteiger partial charge in [-0.1, -0.05) is 18.2 Å². The van der Waals surface area contributed by atoms with E-state index >= 15 is 0 Å². The van der Waals surface area contributed by atoms with Gasteiger partial charge in [0.2, 0.25) is 5.89 Å². The van der Waals surface area contributed by atoms with Crippen LogP contribution in [0.5, 0.6) is 5.75 Å². The van der Waals surface area contributed by atoms with Gasteiger partial charge >= 0.3 is 5.97 Å². The number of ether oxygens (including phenoxy) is 1. The number of pyridine rings is 1. The first-order chi connectivity index (χ1) is 16.9. The van der Waals surface area contributed by atoms with Crippen molar-refractivity contribution in [1.29, 1.82) is 0 Å². The SMILES string of the molecule is C=CCN(CC(=O)O)Cc1cccc(OCCc2nc(-c3ccc(N(CC)CC)nc3)oc2C)c1. The summed E-state index contributed by atoms with van der Waals surface area (Å²) in [6.07, 6.45) is 4.10. The van der Waals surface area contributed by atoms with Crippen LogP contribution in [0.15, 0.2) is 59.7 Å². The van der Waals surface area contributed by atoms with Crippen LogP contribution in [0.1, 0.15) is 30.9 Å². The average Bonchev–Trinajstić information content (AvgIpc) is 3.21. The monoisotopic (exact) mass is 478 g/mol. The second-order valence-electron chi connectivity index (χ2n) is 8.20. The molecular weight excluding hydrogens is 444 g/mol. The Morgan fingerprint density at radius 2 is 2.03 bits per heavy atom. The summed E-state index contributed by atoms with van der Waals surface area (Å²) in [4.78, 5) is 24.3. The lowest BCUT2D eigenvalue weighted by Gasteiger charge is -2.19. The lowest BCUT2D eigenvalue weighted by Crippen LogP contribution is -2.29. The number of carboxylic acids is 1. The van der Waals surface area contributed by atoms with Gasteiger partial charge in [-0.25, -0.2) is 9.97 Å². The highest BCUT2D eigenvalue weighted by atomic mass is 16.5. The molecule has 0 aliphatic rings. The quantitative estimate of drug-likeness (QED) is 0.337. The zero-order valence-electron chi connectivity index (χ0n) is 20.7. The van der Waals surface area contributed by atoms with E-state index in [2.05, 4.69) is 35.3 Å². The van der Waals surface area contributed by atoms with Gasteiger partial charge in [-0.2, -0.15) is 0 Å². The average molecular weight is 479 g/mol. The fourth-order valence-electron chi connectivity index (χ4n) is 3.85. The third-order valence-corrected chi connectivity index (χ3v) is 5.63. The van der Waals surface area contributed by atoms with Gasteiger partial charge in [0.15, 0.2) is 0 Å². The van der Waals surface area contributed by atoms with Crippen molar-refractivity contribution < 1.29 is 19.1 Å². The van der Waals surface area contributed by atoms with E-state index in [0.717, 1.165) is 47.2 Å². The maximum Gasteiger partial charge on any atom is 0.317 e. The molecule has 0 saturated heterocycles. The fourth-order valence-corrected chi connectivity index (χ4v) is 3.85. The molecule has 0 saturated carbocycles. The van der Waals surface area contributed by atoms with Gasteiger partial charge in [0, 0.05) is 38.8 Å². The Hall–Kier alpha value is -3.65. The van der Waals surface area contributed by atoms with E-state index in [9.17, 15) is 4.79 Å². The summed E-state index contributed by atoms with van der Waals surface area (Å²) in [5, 5.41) is 9.10. The molecule has 0 radical (unpaired) electrons. The Labute approximate surface area is 206 Å². The van der Waals surface area contributed by atoms with Gasteiger partial charge in [-0.3, -0.25) is 9.69 Å². The normalized spacial score (nSPS) is 11.0. The smallest absolute Gasteiger partial charge is 0.317 e. The molecule has 0 amide bonds. The minimum absolute atomic E-state index is 0.0431. The van der Waals surface area contributed by atoms with Crippen LogP contribution in [-0.2, 0) is 17.8 Å². The molecule has 0 atom stereocenters. The molecule has 2 aromatic heterocycles. The molecule has 1 N–H and O–H groups in total. The number of aromatic nitrogens is 2. The molecule has 1 aromatic carbocycles. The molecule has 3 rings (SSSR count). The predicted octanol–water partition coefficient (Wildman–Crippen LogP) is 4.59. The second-order valence-corrected chi connectivity index (χ2v) is 8.20. The molecule has 0 spiro atoms. The highest BCUT2D eigenvalue weighted by molar-refractivity contribution is 5.69. The molecule has 2 heterocycles. The van der Waals surface area contributed by atoms with Crippen LogP contribution in [0.3, 0.4) is 0 Å². The van der Waals surface area contributed by atoms with Crippen molar-refractivity contribution >= 4 is 11.8 Å². The maximum absolute atomic E-state index is 11.1. The van der Waals surface area contributed by atoms with Crippen LogP contribution in [-0.4, -0.2) is 58.7 Å². The zero-order chi connectivity index (χ0) is 25.2. The van der Waals surface area contributed by atoms with Crippen LogP contribution in [0.2, 0.25) is 0 Å². The molecular formula is C27H34N4O4. The number of hydrogen-bond donors (Lipinski definition) is 1. The molecule has 3 aromatic rings. The molecule has 0 aliphatic carbocycles. The zero-order valence-corrected chi connectivity index (χ0v) is 20.7. The molecule has 8 heteroatoms. The van der Waals surface area contributed by atoms with Gasteiger partial charge in [0.05, 0.1) is 24.4 Å². The number of aliphatic carboxylic acids is 1. The van der Waals surface area contributed by atoms with Crippen molar-refractivity contribution in [3.63, 3.8) is 0 Å². The molecule has 0 bridgehead atoms. The van der Waals surface area contributed by atoms with Gasteiger partial charge in [0.25, 0.3) is 0 Å². The van der Waals surface area contributed by atoms with Crippen molar-refractivity contribution in [2.45, 2.75) is 33.7 Å². The Morgan fingerprint density at radius 1 is 1.23 bits per heavy atom. The van der Waals surface area contributed by atoms with Crippen LogP contribution < -0.4 is 9.64 Å². The summed E-state index contributed by atoms with van der Waals surface area (Å²) >= 11 is 0. The minimum atomic E-state index is -0.864. The Kier molecular flexibility index (Phi) is 9.43. The van der Waals surface area contributed by atoms with E-state index < -0.39 is 5.97 Å². The van der Waals surface area contributed by atoms with E-state index in [4.69, 9.17) is 14.3 Å². The fraction of sp³-hybridized carbons (Fsp3) is 0.370. The van der Waals surface area contributed by atoms with Crippen LogP contribution in [0.4, 0.5) is 5.82 Å². The number of carboxylic acid groups (broad SMARTS) is 1. The number of nitrogens with zero attached hydrogens (tertiary/aromatic N) is 4. The third kappa shape index (κ3) is 7.42. The first kappa shape index (κ1) is 26.0. The topological polar surface area (TPSA) is 91.9 Å². The van der Waals surface area contributed by atoms with Crippen molar-refractivity contribution in [2.75, 3.05) is 37.7 Å². The van der Waals surface area contributed by atoms with Gasteiger partial charge in [0.1, 0.15) is 17.3 Å². The van der Waals surface area contributed by atoms with E-state index in [1.54, 1.807) is 17.2 Å². The Bertz CT molecular complexity index is 1110. The van der Waals surface area contributed by atoms with Crippen molar-refractivity contribution in [2.24, 2.45) is 0 Å². The summed E-state index contributed by atoms with van der Waals surface area (Å²) < 4.78 is 11.8. The van der Waals surface area contributed by atoms with Gasteiger partial charge < -0.3 is 19.2 Å². The standard InChI is InChI=1S/C27H34N4O4/c1-5-14-30(19-26(32)33)18-21-9-8-10-23(16-21)34-15-13-24-20(4)35-27(29-24)22-11-12-25(28-17-22)31(6-2)7-3/h5,8-12,16-17H,1,6-7,13-15,18-19H2,2-4H3,(H,32,33). The summed E-state index contributed by atoms with van der Waals surface area (Å²) in [5.74, 6) is 2.12. The second kappa shape index (κ2) is 12.7. The summed E-state index contributed by atoms with van der Waals surface area (Å²) in [7, 11) is 0. The first-order valence-electron chi connectivity index (χ1n) is 11.9. The lowest BCUT2D eigenvalue weighted by molar-refractivity contribution is -0.138. The van der Waals surface area contributed by atoms with Crippen LogP contribution in [0.25, 0.3) is 11.5 Å². The van der Waals surface area contributed by atoms with Crippen molar-refractivity contribution in [1.82, 2.24) is 14.9 Å². The largest absolute Gasteiger partial charge is 0.493 e. The summed E-state index contributed by atoms with van der Waals surface area (Å²) in [5.41, 5.74) is 2.67. The molecule has 8 nitrogen and oxygen atoms in total. The highest BCUT2D eigenvalue weighted by Gasteiger charge is 2.13. The maximum atomic E-state index is 11.1. The molecule has 0 aliphatic heterocycles. The Morgan fingerprint density at radius 3 is 2.69 bits per heavy atom. The van der Waals surface area contributed by atoms with Crippen molar-refractivity contribution in [3.05, 3.63) is 72.3 Å². The summed E-state index contributed by atoms with van der Waals surface area (Å²) in [6, 6.07) is 11.7. The van der Waals surface area contributed by atoms with E-state index in [0.29, 0.717) is 32.0 Å². The summed E-state index contributed by atoms with van der Waals surface area (Å²) in [6.45, 7) is 13.0. The number of rotatable bonds is 14. The highest BCUT2D eigenvalue weighted by Crippen LogP contribution is 2.23. The number of oxazole rings is 1. The number of benzene rings is 1. The van der Waals surface area contributed by atoms with E-state index in [1.165, 1.54) is 0 Å². The first-order valence-corrected chi connectivity index (χ1v) is 11.9. The number of carbonyl (C=O) groups is 1. The Balaban J connectivity index is 1.59. The van der Waals surface area contributed by atoms with Crippen LogP contribution >= 0.6 is 0 Å². The molecule has 0 fully saturated rings. The third-order valence-electron chi connectivity index (χ3n) is 5.63. The number of anilines is 1. The van der Waals surface area contributed by atoms with Crippen molar-refractivity contribution in [3.8, 4) is 17.2 Å². The lowest BCUT2D eigenvalue weighted by atomic mass is 10.2. The van der Waals surface area contributed by atoms with E-state index in [1.807, 2.05) is 43.3 Å². The van der Waals surface area contributed by atoms with Crippen LogP contribution in [0, 0.1) is 6.92 Å². The molecule has 35 heavy (non-hydrogen) atoms. The molecule has 0 unspecified atom stereocenters. The van der Waals surface area contributed by atoms with Gasteiger partial charge in [-0.15, -0.1) is 6.58 Å². The van der Waals surface area contributed by atoms with E-state index in [-0.39, 0.29) is 6.54 Å². The molecule has 186 valence electrons.